The number of hydrogen-bond acceptors (Lipinski definition) is 6. The third kappa shape index (κ3) is 8.24. The first-order valence-electron chi connectivity index (χ1n) is 13.9. The van der Waals surface area contributed by atoms with E-state index < -0.39 is 0 Å². The summed E-state index contributed by atoms with van der Waals surface area (Å²) in [4.78, 5) is 40.1. The Balaban J connectivity index is 1.33. The minimum Gasteiger partial charge on any atom is -0.326 e. The topological polar surface area (TPSA) is 100 Å². The molecule has 0 bridgehead atoms. The lowest BCUT2D eigenvalue weighted by Gasteiger charge is -2.26. The van der Waals surface area contributed by atoms with Crippen molar-refractivity contribution in [3.63, 3.8) is 0 Å². The number of anilines is 2. The van der Waals surface area contributed by atoms with Crippen molar-refractivity contribution in [2.75, 3.05) is 23.7 Å². The fraction of sp³-hybridized carbons (Fsp3) is 0.182. The van der Waals surface area contributed by atoms with Crippen LogP contribution in [0.4, 0.5) is 15.6 Å². The summed E-state index contributed by atoms with van der Waals surface area (Å²) in [5.74, 6) is 0.643. The SMILES string of the molecule is CC(=O)Nc1ccc(-c2nc(NC(=O)N(CCc3ncccn3)CCC(c3ccccc3)c3ccccc3)sc2Cl)cc1. The smallest absolute Gasteiger partial charge is 0.323 e. The Morgan fingerprint density at radius 3 is 2.07 bits per heavy atom. The highest BCUT2D eigenvalue weighted by Gasteiger charge is 2.21. The van der Waals surface area contributed by atoms with E-state index in [4.69, 9.17) is 11.6 Å². The molecule has 0 fully saturated rings. The molecule has 0 aliphatic heterocycles. The number of halogens is 1. The highest BCUT2D eigenvalue weighted by atomic mass is 35.5. The molecule has 10 heteroatoms. The van der Waals surface area contributed by atoms with Gasteiger partial charge in [0.15, 0.2) is 5.13 Å². The molecule has 5 aromatic rings. The Hall–Kier alpha value is -4.60. The number of urea groups is 1. The van der Waals surface area contributed by atoms with Gasteiger partial charge in [0, 0.05) is 56.0 Å². The molecule has 0 atom stereocenters. The first kappa shape index (κ1) is 29.9. The van der Waals surface area contributed by atoms with E-state index in [9.17, 15) is 9.59 Å². The van der Waals surface area contributed by atoms with Crippen molar-refractivity contribution < 1.29 is 9.59 Å². The monoisotopic (exact) mass is 610 g/mol. The van der Waals surface area contributed by atoms with Gasteiger partial charge in [0.2, 0.25) is 5.91 Å². The Bertz CT molecular complexity index is 1590. The molecule has 8 nitrogen and oxygen atoms in total. The molecule has 2 N–H and O–H groups in total. The Morgan fingerprint density at radius 1 is 0.837 bits per heavy atom. The molecule has 2 aromatic heterocycles. The van der Waals surface area contributed by atoms with E-state index in [2.05, 4.69) is 49.9 Å². The van der Waals surface area contributed by atoms with Gasteiger partial charge in [-0.3, -0.25) is 10.1 Å². The van der Waals surface area contributed by atoms with Crippen molar-refractivity contribution in [1.29, 1.82) is 0 Å². The number of aromatic nitrogens is 3. The van der Waals surface area contributed by atoms with Crippen LogP contribution in [0.1, 0.15) is 36.2 Å². The molecule has 3 aromatic carbocycles. The number of carbonyl (C=O) groups excluding carboxylic acids is 2. The van der Waals surface area contributed by atoms with Crippen molar-refractivity contribution in [2.45, 2.75) is 25.7 Å². The van der Waals surface area contributed by atoms with E-state index in [1.165, 1.54) is 29.4 Å². The normalized spacial score (nSPS) is 10.9. The highest BCUT2D eigenvalue weighted by Crippen LogP contribution is 2.36. The van der Waals surface area contributed by atoms with Crippen molar-refractivity contribution in [2.24, 2.45) is 0 Å². The molecule has 0 spiro atoms. The van der Waals surface area contributed by atoms with Gasteiger partial charge in [-0.05, 0) is 35.7 Å². The van der Waals surface area contributed by atoms with Crippen molar-refractivity contribution in [3.05, 3.63) is 125 Å². The van der Waals surface area contributed by atoms with Gasteiger partial charge in [-0.1, -0.05) is 95.7 Å². The lowest BCUT2D eigenvalue weighted by atomic mass is 9.88. The minimum atomic E-state index is -0.270. The van der Waals surface area contributed by atoms with Gasteiger partial charge in [0.05, 0.1) is 0 Å². The Labute approximate surface area is 259 Å². The quantitative estimate of drug-likeness (QED) is 0.161. The lowest BCUT2D eigenvalue weighted by molar-refractivity contribution is -0.114. The fourth-order valence-electron chi connectivity index (χ4n) is 4.81. The summed E-state index contributed by atoms with van der Waals surface area (Å²) >= 11 is 7.75. The summed E-state index contributed by atoms with van der Waals surface area (Å²) in [6, 6.07) is 29.4. The van der Waals surface area contributed by atoms with Crippen LogP contribution in [-0.4, -0.2) is 44.9 Å². The highest BCUT2D eigenvalue weighted by molar-refractivity contribution is 7.20. The second kappa shape index (κ2) is 14.5. The molecule has 2 heterocycles. The van der Waals surface area contributed by atoms with Crippen LogP contribution < -0.4 is 10.6 Å². The van der Waals surface area contributed by atoms with Gasteiger partial charge in [-0.15, -0.1) is 0 Å². The van der Waals surface area contributed by atoms with Crippen LogP contribution in [-0.2, 0) is 11.2 Å². The average molecular weight is 611 g/mol. The van der Waals surface area contributed by atoms with Crippen LogP contribution in [0.25, 0.3) is 11.3 Å². The van der Waals surface area contributed by atoms with Gasteiger partial charge in [-0.25, -0.2) is 19.7 Å². The summed E-state index contributed by atoms with van der Waals surface area (Å²) < 4.78 is 0.458. The zero-order chi connectivity index (χ0) is 30.0. The second-order valence-corrected chi connectivity index (χ2v) is 11.5. The molecule has 0 aliphatic rings. The summed E-state index contributed by atoms with van der Waals surface area (Å²) in [5, 5.41) is 6.11. The van der Waals surface area contributed by atoms with Crippen LogP contribution in [0, 0.1) is 0 Å². The molecular formula is C33H31ClN6O2S. The van der Waals surface area contributed by atoms with Crippen molar-refractivity contribution in [3.8, 4) is 11.3 Å². The molecule has 5 rings (SSSR count). The van der Waals surface area contributed by atoms with E-state index in [0.29, 0.717) is 46.2 Å². The molecule has 3 amide bonds. The van der Waals surface area contributed by atoms with E-state index in [1.54, 1.807) is 35.5 Å². The van der Waals surface area contributed by atoms with Gasteiger partial charge < -0.3 is 10.2 Å². The molecule has 43 heavy (non-hydrogen) atoms. The third-order valence-corrected chi connectivity index (χ3v) is 8.05. The molecule has 0 saturated carbocycles. The first-order chi connectivity index (χ1) is 21.0. The van der Waals surface area contributed by atoms with E-state index >= 15 is 0 Å². The number of nitrogens with one attached hydrogen (secondary N) is 2. The summed E-state index contributed by atoms with van der Waals surface area (Å²) in [6.07, 6.45) is 4.65. The van der Waals surface area contributed by atoms with Crippen LogP contribution in [0.2, 0.25) is 4.34 Å². The van der Waals surface area contributed by atoms with Crippen LogP contribution in [0.5, 0.6) is 0 Å². The Kier molecular flexibility index (Phi) is 10.1. The van der Waals surface area contributed by atoms with Gasteiger partial charge in [0.1, 0.15) is 15.9 Å². The van der Waals surface area contributed by atoms with Crippen LogP contribution in [0.15, 0.2) is 103 Å². The van der Waals surface area contributed by atoms with E-state index in [1.807, 2.05) is 48.5 Å². The van der Waals surface area contributed by atoms with Crippen molar-refractivity contribution in [1.82, 2.24) is 19.9 Å². The lowest BCUT2D eigenvalue weighted by Crippen LogP contribution is -2.38. The standard InChI is InChI=1S/C33H31ClN6O2S/c1-23(41)37-27-15-13-26(14-16-27)30-31(34)43-32(38-30)39-33(42)40(22-18-29-35-19-8-20-36-29)21-17-28(24-9-4-2-5-10-24)25-11-6-3-7-12-25/h2-16,19-20,28H,17-18,21-22H2,1H3,(H,37,41)(H,38,39,42). The summed E-state index contributed by atoms with van der Waals surface area (Å²) in [5.41, 5.74) is 4.41. The summed E-state index contributed by atoms with van der Waals surface area (Å²) in [7, 11) is 0. The third-order valence-electron chi connectivity index (χ3n) is 6.88. The zero-order valence-corrected chi connectivity index (χ0v) is 25.2. The number of carbonyl (C=O) groups is 2. The minimum absolute atomic E-state index is 0.118. The molecular weight excluding hydrogens is 580 g/mol. The van der Waals surface area contributed by atoms with E-state index in [0.717, 1.165) is 12.0 Å². The molecule has 0 unspecified atom stereocenters. The predicted molar refractivity (Wildman–Crippen MR) is 173 cm³/mol. The summed E-state index contributed by atoms with van der Waals surface area (Å²) in [6.45, 7) is 2.40. The second-order valence-electron chi connectivity index (χ2n) is 9.89. The van der Waals surface area contributed by atoms with Gasteiger partial charge in [-0.2, -0.15) is 0 Å². The first-order valence-corrected chi connectivity index (χ1v) is 15.1. The maximum absolute atomic E-state index is 13.7. The maximum Gasteiger partial charge on any atom is 0.323 e. The number of amides is 3. The van der Waals surface area contributed by atoms with Gasteiger partial charge >= 0.3 is 6.03 Å². The number of hydrogen-bond donors (Lipinski definition) is 2. The molecule has 0 saturated heterocycles. The van der Waals surface area contributed by atoms with Crippen LogP contribution >= 0.6 is 22.9 Å². The van der Waals surface area contributed by atoms with Crippen molar-refractivity contribution >= 4 is 45.7 Å². The molecule has 0 aliphatic carbocycles. The average Bonchev–Trinajstić information content (AvgIpc) is 3.39. The fourth-order valence-corrected chi connectivity index (χ4v) is 5.88. The van der Waals surface area contributed by atoms with E-state index in [-0.39, 0.29) is 17.9 Å². The zero-order valence-electron chi connectivity index (χ0n) is 23.6. The number of rotatable bonds is 11. The number of nitrogens with zero attached hydrogens (tertiary/aromatic N) is 4. The molecule has 218 valence electrons. The Morgan fingerprint density at radius 2 is 1.47 bits per heavy atom. The molecule has 0 radical (unpaired) electrons. The predicted octanol–water partition coefficient (Wildman–Crippen LogP) is 7.51. The largest absolute Gasteiger partial charge is 0.326 e. The maximum atomic E-state index is 13.7. The van der Waals surface area contributed by atoms with Crippen LogP contribution in [0.3, 0.4) is 0 Å². The number of benzene rings is 3. The van der Waals surface area contributed by atoms with Gasteiger partial charge in [0.25, 0.3) is 0 Å². The number of thiazole rings is 1.